The van der Waals surface area contributed by atoms with E-state index in [2.05, 4.69) is 26.4 Å². The quantitative estimate of drug-likeness (QED) is 0.898. The van der Waals surface area contributed by atoms with Crippen LogP contribution in [-0.4, -0.2) is 11.2 Å². The summed E-state index contributed by atoms with van der Waals surface area (Å²) in [6.07, 6.45) is 2.48. The molecule has 16 heavy (non-hydrogen) atoms. The summed E-state index contributed by atoms with van der Waals surface area (Å²) < 4.78 is 6.23. The second kappa shape index (κ2) is 4.87. The molecule has 1 heterocycles. The number of hydrogen-bond donors (Lipinski definition) is 1. The molecule has 1 aliphatic rings. The molecule has 0 saturated heterocycles. The predicted molar refractivity (Wildman–Crippen MR) is 69.7 cm³/mol. The van der Waals surface area contributed by atoms with Gasteiger partial charge in [0.25, 0.3) is 0 Å². The first-order valence-electron chi connectivity index (χ1n) is 5.64. The lowest BCUT2D eigenvalue weighted by Crippen LogP contribution is -2.00. The van der Waals surface area contributed by atoms with E-state index in [-0.39, 0.29) is 0 Å². The van der Waals surface area contributed by atoms with Crippen molar-refractivity contribution in [2.24, 2.45) is 0 Å². The van der Waals surface area contributed by atoms with Crippen LogP contribution in [0.15, 0.2) is 27.2 Å². The van der Waals surface area contributed by atoms with Gasteiger partial charge in [-0.3, -0.25) is 0 Å². The fraction of sp³-hybridized carbons (Fsp3) is 0.417. The Bertz CT molecular complexity index is 477. The maximum absolute atomic E-state index is 5.22. The van der Waals surface area contributed by atoms with Crippen molar-refractivity contribution < 1.29 is 4.52 Å². The molecule has 3 rings (SSSR count). The molecule has 2 aromatic rings. The highest BCUT2D eigenvalue weighted by molar-refractivity contribution is 9.10. The van der Waals surface area contributed by atoms with Gasteiger partial charge in [0.1, 0.15) is 0 Å². The Hall–Kier alpha value is -1.03. The minimum Gasteiger partial charge on any atom is -0.364 e. The number of halogens is 1. The number of aromatic nitrogens is 1. The van der Waals surface area contributed by atoms with Crippen molar-refractivity contribution in [2.45, 2.75) is 32.7 Å². The number of benzene rings is 1. The predicted octanol–water partition coefficient (Wildman–Crippen LogP) is 4.19. The number of nitrogens with zero attached hydrogens (tertiary/aromatic N) is 1. The van der Waals surface area contributed by atoms with Crippen LogP contribution in [0.25, 0.3) is 11.0 Å². The summed E-state index contributed by atoms with van der Waals surface area (Å²) in [5, 5.41) is 8.40. The Morgan fingerprint density at radius 1 is 1.38 bits per heavy atom. The highest BCUT2D eigenvalue weighted by Crippen LogP contribution is 2.30. The zero-order valence-electron chi connectivity index (χ0n) is 9.46. The molecule has 1 aromatic heterocycles. The van der Waals surface area contributed by atoms with Crippen molar-refractivity contribution >= 4 is 32.7 Å². The number of anilines is 1. The SMILES string of the molecule is Brc1ccc2c(NC3CC3)noc2c1.CC. The minimum absolute atomic E-state index is 0.604. The van der Waals surface area contributed by atoms with Gasteiger partial charge in [0.05, 0.1) is 5.39 Å². The maximum Gasteiger partial charge on any atom is 0.177 e. The third-order valence-corrected chi connectivity index (χ3v) is 2.85. The van der Waals surface area contributed by atoms with E-state index in [4.69, 9.17) is 4.52 Å². The van der Waals surface area contributed by atoms with Crippen molar-refractivity contribution in [3.8, 4) is 0 Å². The monoisotopic (exact) mass is 282 g/mol. The number of nitrogens with one attached hydrogen (secondary N) is 1. The van der Waals surface area contributed by atoms with Gasteiger partial charge in [-0.05, 0) is 31.0 Å². The first-order chi connectivity index (χ1) is 7.83. The molecule has 0 bridgehead atoms. The second-order valence-corrected chi connectivity index (χ2v) is 4.51. The summed E-state index contributed by atoms with van der Waals surface area (Å²) in [4.78, 5) is 0. The third kappa shape index (κ3) is 2.38. The van der Waals surface area contributed by atoms with Gasteiger partial charge in [-0.2, -0.15) is 0 Å². The smallest absolute Gasteiger partial charge is 0.177 e. The lowest BCUT2D eigenvalue weighted by atomic mass is 10.2. The van der Waals surface area contributed by atoms with Crippen LogP contribution in [0, 0.1) is 0 Å². The summed E-state index contributed by atoms with van der Waals surface area (Å²) in [5.74, 6) is 0.870. The van der Waals surface area contributed by atoms with Crippen molar-refractivity contribution in [2.75, 3.05) is 5.32 Å². The van der Waals surface area contributed by atoms with Crippen LogP contribution in [-0.2, 0) is 0 Å². The van der Waals surface area contributed by atoms with E-state index in [9.17, 15) is 0 Å². The van der Waals surface area contributed by atoms with Gasteiger partial charge in [0.15, 0.2) is 11.4 Å². The lowest BCUT2D eigenvalue weighted by Gasteiger charge is -1.97. The fourth-order valence-electron chi connectivity index (χ4n) is 1.44. The van der Waals surface area contributed by atoms with E-state index in [1.165, 1.54) is 12.8 Å². The zero-order valence-corrected chi connectivity index (χ0v) is 11.0. The van der Waals surface area contributed by atoms with E-state index >= 15 is 0 Å². The molecule has 0 unspecified atom stereocenters. The second-order valence-electron chi connectivity index (χ2n) is 3.59. The van der Waals surface area contributed by atoms with Crippen LogP contribution in [0.2, 0.25) is 0 Å². The lowest BCUT2D eigenvalue weighted by molar-refractivity contribution is 0.459. The van der Waals surface area contributed by atoms with Gasteiger partial charge in [0, 0.05) is 10.5 Å². The standard InChI is InChI=1S/C10H9BrN2O.C2H6/c11-6-1-4-8-9(5-6)14-13-10(8)12-7-2-3-7;1-2/h1,4-5,7H,2-3H2,(H,12,13);1-2H3. The fourth-order valence-corrected chi connectivity index (χ4v) is 1.78. The molecular weight excluding hydrogens is 268 g/mol. The normalized spacial score (nSPS) is 14.4. The van der Waals surface area contributed by atoms with Crippen molar-refractivity contribution in [1.82, 2.24) is 5.16 Å². The Balaban J connectivity index is 0.000000457. The van der Waals surface area contributed by atoms with Crippen LogP contribution >= 0.6 is 15.9 Å². The zero-order chi connectivity index (χ0) is 11.5. The summed E-state index contributed by atoms with van der Waals surface area (Å²) in [6, 6.07) is 6.55. The molecule has 0 aliphatic heterocycles. The summed E-state index contributed by atoms with van der Waals surface area (Å²) in [6.45, 7) is 4.00. The molecule has 3 nitrogen and oxygen atoms in total. The van der Waals surface area contributed by atoms with E-state index in [0.29, 0.717) is 6.04 Å². The van der Waals surface area contributed by atoms with Gasteiger partial charge in [-0.25, -0.2) is 0 Å². The summed E-state index contributed by atoms with van der Waals surface area (Å²) in [7, 11) is 0. The first kappa shape index (κ1) is 11.5. The Morgan fingerprint density at radius 3 is 2.81 bits per heavy atom. The van der Waals surface area contributed by atoms with E-state index in [1.807, 2.05) is 32.0 Å². The largest absolute Gasteiger partial charge is 0.364 e. The van der Waals surface area contributed by atoms with Crippen LogP contribution in [0.3, 0.4) is 0 Å². The number of rotatable bonds is 2. The minimum atomic E-state index is 0.604. The van der Waals surface area contributed by atoms with Crippen molar-refractivity contribution in [3.63, 3.8) is 0 Å². The van der Waals surface area contributed by atoms with Crippen LogP contribution in [0.1, 0.15) is 26.7 Å². The molecule has 0 amide bonds. The average Bonchev–Trinajstić information content (AvgIpc) is 3.03. The number of fused-ring (bicyclic) bond motifs is 1. The molecule has 1 fully saturated rings. The van der Waals surface area contributed by atoms with Gasteiger partial charge >= 0.3 is 0 Å². The van der Waals surface area contributed by atoms with E-state index in [0.717, 1.165) is 21.3 Å². The topological polar surface area (TPSA) is 38.1 Å². The van der Waals surface area contributed by atoms with Gasteiger partial charge < -0.3 is 9.84 Å². The van der Waals surface area contributed by atoms with Gasteiger partial charge in [-0.1, -0.05) is 34.9 Å². The molecule has 1 aromatic carbocycles. The number of hydrogen-bond acceptors (Lipinski definition) is 3. The van der Waals surface area contributed by atoms with Crippen molar-refractivity contribution in [1.29, 1.82) is 0 Å². The molecule has 0 spiro atoms. The Morgan fingerprint density at radius 2 is 2.12 bits per heavy atom. The first-order valence-corrected chi connectivity index (χ1v) is 6.44. The van der Waals surface area contributed by atoms with E-state index in [1.54, 1.807) is 0 Å². The highest BCUT2D eigenvalue weighted by atomic mass is 79.9. The Kier molecular flexibility index (Phi) is 3.49. The third-order valence-electron chi connectivity index (χ3n) is 2.35. The van der Waals surface area contributed by atoms with Crippen LogP contribution in [0.4, 0.5) is 5.82 Å². The van der Waals surface area contributed by atoms with E-state index < -0.39 is 0 Å². The van der Waals surface area contributed by atoms with Crippen LogP contribution < -0.4 is 5.32 Å². The van der Waals surface area contributed by atoms with Gasteiger partial charge in [-0.15, -0.1) is 0 Å². The van der Waals surface area contributed by atoms with Crippen LogP contribution in [0.5, 0.6) is 0 Å². The molecule has 86 valence electrons. The molecule has 0 radical (unpaired) electrons. The molecule has 1 N–H and O–H groups in total. The average molecular weight is 283 g/mol. The molecule has 1 aliphatic carbocycles. The Labute approximate surface area is 103 Å². The maximum atomic E-state index is 5.22. The van der Waals surface area contributed by atoms with Crippen molar-refractivity contribution in [3.05, 3.63) is 22.7 Å². The summed E-state index contributed by atoms with van der Waals surface area (Å²) >= 11 is 3.40. The molecule has 1 saturated carbocycles. The summed E-state index contributed by atoms with van der Waals surface area (Å²) in [5.41, 5.74) is 0.822. The molecular formula is C12H15BrN2O. The highest BCUT2D eigenvalue weighted by Gasteiger charge is 2.23. The van der Waals surface area contributed by atoms with Gasteiger partial charge in [0.2, 0.25) is 0 Å². The molecule has 0 atom stereocenters. The molecule has 4 heteroatoms.